The van der Waals surface area contributed by atoms with Crippen LogP contribution in [0.4, 0.5) is 0 Å². The van der Waals surface area contributed by atoms with Crippen molar-refractivity contribution < 1.29 is 93.1 Å². The number of aldehydes is 1. The summed E-state index contributed by atoms with van der Waals surface area (Å²) in [6.45, 7) is 6.16. The average Bonchev–Trinajstić information content (AvgIpc) is 3.17. The van der Waals surface area contributed by atoms with E-state index in [0.29, 0.717) is 6.29 Å². The minimum atomic E-state index is -1.81. The van der Waals surface area contributed by atoms with E-state index in [0.717, 1.165) is 26.7 Å². The maximum absolute atomic E-state index is 13.0. The molecule has 0 aliphatic carbocycles. The molecule has 0 spiro atoms. The number of methoxy groups -OCH3 is 2. The number of ether oxygens (including phenoxy) is 8. The molecule has 16 atom stereocenters. The molecule has 19 nitrogen and oxygen atoms in total. The zero-order valence-electron chi connectivity index (χ0n) is 28.8. The monoisotopic (exact) mass is 758 g/mol. The standard InChI is InChI=1S/C34H46O19/c1-5-15-17(18(29(44)46-3)12-48-31(15)52-33-27(42)25(40)23(38)20(10-36)50-33)8-7-14(9-35)22-16(6-2)32(49-13-19(22)30(45)47-4)53-34-28(43)26(41)24(39)21(11-37)51-34/h5-7,9,12-13,15-17,20-28,31-34,36-43H,1-2,8,10-11H2,3-4H3/b14-7+/t15-,16-,17-,20+,21+,22-,23+,24+,25-,26-,27+,28+,31+,32+,33-,34-/m0/s1. The minimum absolute atomic E-state index is 0.0210. The molecule has 53 heavy (non-hydrogen) atoms. The summed E-state index contributed by atoms with van der Waals surface area (Å²) in [6, 6.07) is 0. The van der Waals surface area contributed by atoms with Gasteiger partial charge in [-0.15, -0.1) is 13.2 Å². The van der Waals surface area contributed by atoms with Gasteiger partial charge in [0, 0.05) is 17.8 Å². The number of aliphatic hydroxyl groups excluding tert-OH is 8. The Hall–Kier alpha value is -3.57. The second kappa shape index (κ2) is 18.7. The second-order valence-electron chi connectivity index (χ2n) is 12.6. The molecular weight excluding hydrogens is 712 g/mol. The SMILES string of the molecule is C=C[C@@H]1[C@@H](O[C@@H]2O[C@H](CO)[C@@H](O)[C@H](O)[C@H]2O)OC=C(C(=O)OC)[C@H]1C/C=C(\C=O)[C@@H]1C(C(=O)OC)=CO[C@H](O[C@@H]2O[C@H](CO)[C@@H](O)[C@H](O)[C@H]2O)[C@H]1C=C. The summed E-state index contributed by atoms with van der Waals surface area (Å²) >= 11 is 0. The molecule has 4 aliphatic rings. The molecule has 2 fully saturated rings. The number of carbonyl (C=O) groups excluding carboxylic acids is 3. The third-order valence-corrected chi connectivity index (χ3v) is 9.59. The summed E-state index contributed by atoms with van der Waals surface area (Å²) < 4.78 is 43.7. The van der Waals surface area contributed by atoms with E-state index in [9.17, 15) is 55.2 Å². The van der Waals surface area contributed by atoms with Crippen LogP contribution in [0, 0.1) is 23.7 Å². The molecule has 0 unspecified atom stereocenters. The van der Waals surface area contributed by atoms with Gasteiger partial charge in [-0.1, -0.05) is 18.2 Å². The summed E-state index contributed by atoms with van der Waals surface area (Å²) in [4.78, 5) is 38.7. The highest BCUT2D eigenvalue weighted by molar-refractivity contribution is 5.92. The molecule has 0 aromatic rings. The average molecular weight is 759 g/mol. The van der Waals surface area contributed by atoms with Gasteiger partial charge >= 0.3 is 11.9 Å². The van der Waals surface area contributed by atoms with E-state index in [1.54, 1.807) is 0 Å². The Morgan fingerprint density at radius 3 is 1.58 bits per heavy atom. The molecule has 4 aliphatic heterocycles. The Labute approximate surface area is 303 Å². The highest BCUT2D eigenvalue weighted by Crippen LogP contribution is 2.41. The van der Waals surface area contributed by atoms with Gasteiger partial charge in [-0.2, -0.15) is 0 Å². The summed E-state index contributed by atoms with van der Waals surface area (Å²) in [5, 5.41) is 81.1. The lowest BCUT2D eigenvalue weighted by Gasteiger charge is -2.43. The van der Waals surface area contributed by atoms with E-state index < -0.39 is 123 Å². The summed E-state index contributed by atoms with van der Waals surface area (Å²) in [6.07, 6.45) is -12.7. The van der Waals surface area contributed by atoms with Crippen molar-refractivity contribution in [1.29, 1.82) is 0 Å². The zero-order valence-corrected chi connectivity index (χ0v) is 28.8. The first-order valence-electron chi connectivity index (χ1n) is 16.5. The number of carbonyl (C=O) groups is 3. The van der Waals surface area contributed by atoms with Gasteiger partial charge in [0.25, 0.3) is 0 Å². The fraction of sp³-hybridized carbons (Fsp3) is 0.618. The zero-order chi connectivity index (χ0) is 39.1. The molecule has 4 rings (SSSR count). The Morgan fingerprint density at radius 1 is 0.698 bits per heavy atom. The van der Waals surface area contributed by atoms with Gasteiger partial charge in [0.1, 0.15) is 55.1 Å². The predicted octanol–water partition coefficient (Wildman–Crippen LogP) is -3.20. The molecule has 4 heterocycles. The molecule has 0 amide bonds. The van der Waals surface area contributed by atoms with Crippen LogP contribution in [0.1, 0.15) is 6.42 Å². The van der Waals surface area contributed by atoms with E-state index in [-0.39, 0.29) is 23.1 Å². The maximum Gasteiger partial charge on any atom is 0.337 e. The molecule has 0 bridgehead atoms. The van der Waals surface area contributed by atoms with Crippen LogP contribution in [-0.2, 0) is 52.3 Å². The molecule has 296 valence electrons. The van der Waals surface area contributed by atoms with E-state index in [4.69, 9.17) is 37.9 Å². The highest BCUT2D eigenvalue weighted by Gasteiger charge is 2.50. The van der Waals surface area contributed by atoms with Crippen molar-refractivity contribution in [3.63, 3.8) is 0 Å². The lowest BCUT2D eigenvalue weighted by Crippen LogP contribution is -2.60. The van der Waals surface area contributed by atoms with Crippen molar-refractivity contribution >= 4 is 18.2 Å². The third kappa shape index (κ3) is 8.72. The van der Waals surface area contributed by atoms with Crippen LogP contribution >= 0.6 is 0 Å². The first-order chi connectivity index (χ1) is 25.3. The summed E-state index contributed by atoms with van der Waals surface area (Å²) in [7, 11) is 2.23. The van der Waals surface area contributed by atoms with Gasteiger partial charge in [0.05, 0.1) is 57.0 Å². The number of allylic oxidation sites excluding steroid dienone is 2. The van der Waals surface area contributed by atoms with Crippen molar-refractivity contribution in [3.8, 4) is 0 Å². The Balaban J connectivity index is 1.66. The molecule has 0 radical (unpaired) electrons. The lowest BCUT2D eigenvalue weighted by molar-refractivity contribution is -0.339. The molecule has 0 aromatic carbocycles. The Bertz CT molecular complexity index is 1410. The third-order valence-electron chi connectivity index (χ3n) is 9.59. The maximum atomic E-state index is 13.0. The van der Waals surface area contributed by atoms with Crippen molar-refractivity contribution in [1.82, 2.24) is 0 Å². The van der Waals surface area contributed by atoms with Crippen LogP contribution in [0.15, 0.2) is 60.6 Å². The number of esters is 2. The molecule has 0 saturated carbocycles. The predicted molar refractivity (Wildman–Crippen MR) is 173 cm³/mol. The number of hydrogen-bond acceptors (Lipinski definition) is 19. The smallest absolute Gasteiger partial charge is 0.337 e. The van der Waals surface area contributed by atoms with Crippen LogP contribution in [0.25, 0.3) is 0 Å². The number of rotatable bonds is 14. The van der Waals surface area contributed by atoms with Gasteiger partial charge < -0.3 is 78.7 Å². The van der Waals surface area contributed by atoms with Crippen LogP contribution in [0.5, 0.6) is 0 Å². The quantitative estimate of drug-likeness (QED) is 0.0375. The highest BCUT2D eigenvalue weighted by atomic mass is 16.8. The molecule has 2 saturated heterocycles. The van der Waals surface area contributed by atoms with Gasteiger partial charge in [-0.05, 0) is 12.0 Å². The number of hydrogen-bond donors (Lipinski definition) is 8. The van der Waals surface area contributed by atoms with Gasteiger partial charge in [-0.25, -0.2) is 9.59 Å². The van der Waals surface area contributed by atoms with E-state index in [2.05, 4.69) is 13.2 Å². The van der Waals surface area contributed by atoms with Crippen LogP contribution in [-0.4, -0.2) is 161 Å². The van der Waals surface area contributed by atoms with Crippen molar-refractivity contribution in [2.45, 2.75) is 80.4 Å². The van der Waals surface area contributed by atoms with Gasteiger partial charge in [-0.3, -0.25) is 4.79 Å². The molecule has 8 N–H and O–H groups in total. The summed E-state index contributed by atoms with van der Waals surface area (Å²) in [5.74, 6) is -5.82. The second-order valence-corrected chi connectivity index (χ2v) is 12.6. The summed E-state index contributed by atoms with van der Waals surface area (Å²) in [5.41, 5.74) is -0.223. The molecule has 19 heteroatoms. The van der Waals surface area contributed by atoms with Crippen molar-refractivity contribution in [2.75, 3.05) is 27.4 Å². The van der Waals surface area contributed by atoms with Crippen LogP contribution in [0.3, 0.4) is 0 Å². The topological polar surface area (TPSA) is 287 Å². The van der Waals surface area contributed by atoms with E-state index >= 15 is 0 Å². The van der Waals surface area contributed by atoms with Crippen molar-refractivity contribution in [2.24, 2.45) is 23.7 Å². The largest absolute Gasteiger partial charge is 0.471 e. The van der Waals surface area contributed by atoms with E-state index in [1.165, 1.54) is 18.2 Å². The first-order valence-corrected chi connectivity index (χ1v) is 16.5. The number of aliphatic hydroxyl groups is 8. The fourth-order valence-corrected chi connectivity index (χ4v) is 6.58. The normalized spacial score (nSPS) is 40.4. The van der Waals surface area contributed by atoms with Gasteiger partial charge in [0.2, 0.25) is 12.6 Å². The Kier molecular flexibility index (Phi) is 14.8. The first kappa shape index (κ1) is 42.2. The molecule has 0 aromatic heterocycles. The Morgan fingerprint density at radius 2 is 1.15 bits per heavy atom. The fourth-order valence-electron chi connectivity index (χ4n) is 6.58. The van der Waals surface area contributed by atoms with Crippen LogP contribution in [0.2, 0.25) is 0 Å². The molecular formula is C34H46O19. The van der Waals surface area contributed by atoms with E-state index in [1.807, 2.05) is 0 Å². The van der Waals surface area contributed by atoms with Crippen LogP contribution < -0.4 is 0 Å². The lowest BCUT2D eigenvalue weighted by atomic mass is 9.76. The minimum Gasteiger partial charge on any atom is -0.471 e. The van der Waals surface area contributed by atoms with Crippen molar-refractivity contribution in [3.05, 3.63) is 60.6 Å². The van der Waals surface area contributed by atoms with Gasteiger partial charge in [0.15, 0.2) is 12.6 Å².